The highest BCUT2D eigenvalue weighted by molar-refractivity contribution is 6.23. The van der Waals surface area contributed by atoms with Crippen molar-refractivity contribution in [3.63, 3.8) is 0 Å². The van der Waals surface area contributed by atoms with Crippen LogP contribution in [0.2, 0.25) is 0 Å². The van der Waals surface area contributed by atoms with Crippen molar-refractivity contribution in [2.75, 3.05) is 4.90 Å². The lowest BCUT2D eigenvalue weighted by molar-refractivity contribution is -0.122. The molecule has 3 heteroatoms. The summed E-state index contributed by atoms with van der Waals surface area (Å²) in [6, 6.07) is 17.8. The second-order valence-electron chi connectivity index (χ2n) is 7.87. The van der Waals surface area contributed by atoms with Crippen LogP contribution in [0.15, 0.2) is 77.9 Å². The number of imide groups is 1. The number of anilines is 1. The van der Waals surface area contributed by atoms with Crippen molar-refractivity contribution < 1.29 is 9.59 Å². The minimum Gasteiger partial charge on any atom is -0.274 e. The molecule has 27 heavy (non-hydrogen) atoms. The van der Waals surface area contributed by atoms with Crippen LogP contribution in [0.5, 0.6) is 0 Å². The lowest BCUT2D eigenvalue weighted by Gasteiger charge is -2.19. The highest BCUT2D eigenvalue weighted by Crippen LogP contribution is 2.57. The van der Waals surface area contributed by atoms with Crippen LogP contribution in [0.25, 0.3) is 11.1 Å². The number of fused-ring (bicyclic) bond motifs is 5. The summed E-state index contributed by atoms with van der Waals surface area (Å²) < 4.78 is 0. The van der Waals surface area contributed by atoms with E-state index >= 15 is 0 Å². The molecule has 2 aromatic carbocycles. The Kier molecular flexibility index (Phi) is 3.48. The van der Waals surface area contributed by atoms with E-state index in [2.05, 4.69) is 38.1 Å². The van der Waals surface area contributed by atoms with E-state index in [-0.39, 0.29) is 35.5 Å². The standard InChI is InChI=1S/C24H21NO2/c1-14(2)20-18-12-13-19(20)22-21(18)23(26)25(24(22)27)17-10-8-16(9-11-17)15-6-4-3-5-7-15/h3-13,18-19,21-22H,1-2H3/t18-,19-,21-,22-/m1/s1. The Morgan fingerprint density at radius 1 is 0.741 bits per heavy atom. The number of amides is 2. The van der Waals surface area contributed by atoms with Gasteiger partial charge in [-0.05, 0) is 37.1 Å². The minimum absolute atomic E-state index is 0.0481. The molecule has 2 bridgehead atoms. The molecule has 2 aromatic rings. The van der Waals surface area contributed by atoms with E-state index in [0.29, 0.717) is 5.69 Å². The van der Waals surface area contributed by atoms with Crippen molar-refractivity contribution in [3.8, 4) is 11.1 Å². The van der Waals surface area contributed by atoms with E-state index < -0.39 is 0 Å². The van der Waals surface area contributed by atoms with Gasteiger partial charge in [-0.3, -0.25) is 9.59 Å². The second-order valence-corrected chi connectivity index (χ2v) is 7.87. The monoisotopic (exact) mass is 355 g/mol. The van der Waals surface area contributed by atoms with E-state index in [1.54, 1.807) is 0 Å². The first-order valence-corrected chi connectivity index (χ1v) is 9.47. The molecule has 1 heterocycles. The Morgan fingerprint density at radius 2 is 1.26 bits per heavy atom. The molecular formula is C24H21NO2. The fourth-order valence-electron chi connectivity index (χ4n) is 5.12. The molecule has 0 unspecified atom stereocenters. The zero-order chi connectivity index (χ0) is 18.7. The number of nitrogens with zero attached hydrogens (tertiary/aromatic N) is 1. The first-order valence-electron chi connectivity index (χ1n) is 9.47. The van der Waals surface area contributed by atoms with Crippen LogP contribution < -0.4 is 4.90 Å². The third-order valence-electron chi connectivity index (χ3n) is 6.23. The predicted molar refractivity (Wildman–Crippen MR) is 106 cm³/mol. The van der Waals surface area contributed by atoms with Gasteiger partial charge in [0.25, 0.3) is 0 Å². The van der Waals surface area contributed by atoms with Gasteiger partial charge in [0.15, 0.2) is 0 Å². The summed E-state index contributed by atoms with van der Waals surface area (Å²) in [7, 11) is 0. The summed E-state index contributed by atoms with van der Waals surface area (Å²) in [5.41, 5.74) is 5.40. The van der Waals surface area contributed by atoms with Gasteiger partial charge in [-0.25, -0.2) is 4.90 Å². The van der Waals surface area contributed by atoms with E-state index in [0.717, 1.165) is 11.1 Å². The molecule has 3 nitrogen and oxygen atoms in total. The number of carbonyl (C=O) groups is 2. The Hall–Kier alpha value is -2.94. The fourth-order valence-corrected chi connectivity index (χ4v) is 5.12. The van der Waals surface area contributed by atoms with Crippen LogP contribution in [-0.2, 0) is 9.59 Å². The van der Waals surface area contributed by atoms with Gasteiger partial charge in [0.1, 0.15) is 0 Å². The van der Waals surface area contributed by atoms with Crippen molar-refractivity contribution >= 4 is 17.5 Å². The SMILES string of the molecule is CC(C)=C1[C@H]2C=C[C@H]1[C@H]1C(=O)N(c3ccc(-c4ccccc4)cc3)C(=O)[C@@H]12. The van der Waals surface area contributed by atoms with Gasteiger partial charge in [-0.15, -0.1) is 0 Å². The molecule has 2 fully saturated rings. The number of rotatable bonds is 2. The lowest BCUT2D eigenvalue weighted by Crippen LogP contribution is -2.33. The smallest absolute Gasteiger partial charge is 0.238 e. The van der Waals surface area contributed by atoms with E-state index in [9.17, 15) is 9.59 Å². The van der Waals surface area contributed by atoms with Crippen molar-refractivity contribution in [2.45, 2.75) is 13.8 Å². The summed E-state index contributed by atoms with van der Waals surface area (Å²) >= 11 is 0. The number of benzene rings is 2. The Bertz CT molecular complexity index is 962. The average Bonchev–Trinajstić information content (AvgIpc) is 3.33. The summed E-state index contributed by atoms with van der Waals surface area (Å²) in [5, 5.41) is 0. The van der Waals surface area contributed by atoms with Gasteiger partial charge in [-0.2, -0.15) is 0 Å². The molecule has 2 amide bonds. The molecule has 1 aliphatic heterocycles. The molecule has 0 N–H and O–H groups in total. The van der Waals surface area contributed by atoms with Crippen LogP contribution in [-0.4, -0.2) is 11.8 Å². The molecule has 1 saturated carbocycles. The first kappa shape index (κ1) is 16.2. The molecule has 0 aromatic heterocycles. The summed E-state index contributed by atoms with van der Waals surface area (Å²) in [6.45, 7) is 4.16. The normalized spacial score (nSPS) is 28.2. The van der Waals surface area contributed by atoms with Gasteiger partial charge in [-0.1, -0.05) is 65.8 Å². The van der Waals surface area contributed by atoms with Crippen LogP contribution >= 0.6 is 0 Å². The number of hydrogen-bond acceptors (Lipinski definition) is 2. The Balaban J connectivity index is 1.48. The Morgan fingerprint density at radius 3 is 1.78 bits per heavy atom. The van der Waals surface area contributed by atoms with Gasteiger partial charge < -0.3 is 0 Å². The molecule has 0 spiro atoms. The van der Waals surface area contributed by atoms with E-state index in [1.807, 2.05) is 42.5 Å². The van der Waals surface area contributed by atoms with Gasteiger partial charge in [0.2, 0.25) is 11.8 Å². The molecule has 2 aliphatic carbocycles. The van der Waals surface area contributed by atoms with Crippen molar-refractivity contribution in [1.29, 1.82) is 0 Å². The zero-order valence-electron chi connectivity index (χ0n) is 15.4. The molecule has 1 saturated heterocycles. The lowest BCUT2D eigenvalue weighted by atomic mass is 9.85. The van der Waals surface area contributed by atoms with Crippen LogP contribution in [0.4, 0.5) is 5.69 Å². The highest BCUT2D eigenvalue weighted by Gasteiger charge is 2.61. The zero-order valence-corrected chi connectivity index (χ0v) is 15.4. The van der Waals surface area contributed by atoms with Crippen molar-refractivity contribution in [2.24, 2.45) is 23.7 Å². The van der Waals surface area contributed by atoms with E-state index in [1.165, 1.54) is 16.0 Å². The fraction of sp³-hybridized carbons (Fsp3) is 0.250. The maximum atomic E-state index is 13.2. The minimum atomic E-state index is -0.230. The number of hydrogen-bond donors (Lipinski definition) is 0. The highest BCUT2D eigenvalue weighted by atomic mass is 16.2. The molecular weight excluding hydrogens is 334 g/mol. The third-order valence-corrected chi connectivity index (χ3v) is 6.23. The average molecular weight is 355 g/mol. The summed E-state index contributed by atoms with van der Waals surface area (Å²) in [6.07, 6.45) is 4.25. The van der Waals surface area contributed by atoms with Crippen molar-refractivity contribution in [1.82, 2.24) is 0 Å². The van der Waals surface area contributed by atoms with Gasteiger partial charge in [0.05, 0.1) is 17.5 Å². The number of allylic oxidation sites excluding steroid dienone is 4. The maximum absolute atomic E-state index is 13.2. The molecule has 0 radical (unpaired) electrons. The topological polar surface area (TPSA) is 37.4 Å². The van der Waals surface area contributed by atoms with Gasteiger partial charge >= 0.3 is 0 Å². The van der Waals surface area contributed by atoms with Crippen LogP contribution in [0.3, 0.4) is 0 Å². The summed E-state index contributed by atoms with van der Waals surface area (Å²) in [4.78, 5) is 27.7. The van der Waals surface area contributed by atoms with Crippen molar-refractivity contribution in [3.05, 3.63) is 77.9 Å². The van der Waals surface area contributed by atoms with Gasteiger partial charge in [0, 0.05) is 11.8 Å². The maximum Gasteiger partial charge on any atom is 0.238 e. The Labute approximate surface area is 159 Å². The third kappa shape index (κ3) is 2.21. The predicted octanol–water partition coefficient (Wildman–Crippen LogP) is 4.61. The van der Waals surface area contributed by atoms with Crippen LogP contribution in [0.1, 0.15) is 13.8 Å². The molecule has 4 atom stereocenters. The molecule has 134 valence electrons. The second kappa shape index (κ2) is 5.78. The largest absolute Gasteiger partial charge is 0.274 e. The van der Waals surface area contributed by atoms with E-state index in [4.69, 9.17) is 0 Å². The molecule has 3 aliphatic rings. The molecule has 5 rings (SSSR count). The summed E-state index contributed by atoms with van der Waals surface area (Å²) in [5.74, 6) is -0.372. The van der Waals surface area contributed by atoms with Crippen LogP contribution in [0, 0.1) is 23.7 Å². The number of carbonyl (C=O) groups excluding carboxylic acids is 2. The quantitative estimate of drug-likeness (QED) is 0.583. The first-order chi connectivity index (χ1) is 13.1.